The predicted octanol–water partition coefficient (Wildman–Crippen LogP) is 2.60. The third-order valence-corrected chi connectivity index (χ3v) is 2.72. The van der Waals surface area contributed by atoms with Crippen molar-refractivity contribution in [2.75, 3.05) is 0 Å². The van der Waals surface area contributed by atoms with Crippen molar-refractivity contribution >= 4 is 17.6 Å². The topological polar surface area (TPSA) is 55.1 Å². The second-order valence-corrected chi connectivity index (χ2v) is 4.09. The van der Waals surface area contributed by atoms with Crippen LogP contribution in [0.15, 0.2) is 30.5 Å². The summed E-state index contributed by atoms with van der Waals surface area (Å²) in [7, 11) is 0. The lowest BCUT2D eigenvalue weighted by molar-refractivity contribution is -0.137. The number of carboxylic acids is 1. The first-order valence-electron chi connectivity index (χ1n) is 5.08. The van der Waals surface area contributed by atoms with E-state index in [0.29, 0.717) is 5.15 Å². The molecule has 0 bridgehead atoms. The van der Waals surface area contributed by atoms with Gasteiger partial charge in [0.25, 0.3) is 0 Å². The minimum Gasteiger partial charge on any atom is -0.480 e. The van der Waals surface area contributed by atoms with Crippen LogP contribution < -0.4 is 0 Å². The van der Waals surface area contributed by atoms with Crippen molar-refractivity contribution in [2.45, 2.75) is 13.5 Å². The molecule has 2 heterocycles. The minimum absolute atomic E-state index is 0.0614. The number of aromatic nitrogens is 2. The summed E-state index contributed by atoms with van der Waals surface area (Å²) in [6.45, 7) is 1.81. The minimum atomic E-state index is -0.870. The Morgan fingerprint density at radius 2 is 2.24 bits per heavy atom. The average molecular weight is 251 g/mol. The van der Waals surface area contributed by atoms with Crippen LogP contribution in [-0.2, 0) is 11.3 Å². The summed E-state index contributed by atoms with van der Waals surface area (Å²) in [5.41, 5.74) is 2.59. The lowest BCUT2D eigenvalue weighted by Crippen LogP contribution is -2.11. The molecule has 0 saturated heterocycles. The van der Waals surface area contributed by atoms with Gasteiger partial charge in [-0.25, -0.2) is 4.98 Å². The van der Waals surface area contributed by atoms with Crippen molar-refractivity contribution in [1.29, 1.82) is 0 Å². The molecule has 0 aromatic carbocycles. The second-order valence-electron chi connectivity index (χ2n) is 3.71. The molecular weight excluding hydrogens is 240 g/mol. The van der Waals surface area contributed by atoms with Gasteiger partial charge in [0.15, 0.2) is 0 Å². The molecule has 17 heavy (non-hydrogen) atoms. The summed E-state index contributed by atoms with van der Waals surface area (Å²) < 4.78 is 1.73. The smallest absolute Gasteiger partial charge is 0.323 e. The molecule has 0 atom stereocenters. The molecule has 0 fully saturated rings. The maximum absolute atomic E-state index is 10.8. The Morgan fingerprint density at radius 3 is 2.88 bits per heavy atom. The van der Waals surface area contributed by atoms with E-state index >= 15 is 0 Å². The Hall–Kier alpha value is -1.81. The largest absolute Gasteiger partial charge is 0.480 e. The van der Waals surface area contributed by atoms with Crippen molar-refractivity contribution in [3.8, 4) is 11.3 Å². The summed E-state index contributed by atoms with van der Waals surface area (Å²) in [5.74, 6) is -0.870. The SMILES string of the molecule is Cc1ccc(-c2ccnc(Cl)c2)n1CC(=O)O. The van der Waals surface area contributed by atoms with Crippen LogP contribution in [0.1, 0.15) is 5.69 Å². The second kappa shape index (κ2) is 4.59. The van der Waals surface area contributed by atoms with Crippen molar-refractivity contribution in [3.05, 3.63) is 41.3 Å². The Kier molecular flexibility index (Phi) is 3.15. The molecule has 0 saturated carbocycles. The number of hydrogen-bond donors (Lipinski definition) is 1. The van der Waals surface area contributed by atoms with Crippen LogP contribution in [0.5, 0.6) is 0 Å². The summed E-state index contributed by atoms with van der Waals surface area (Å²) in [5, 5.41) is 9.27. The van der Waals surface area contributed by atoms with E-state index in [-0.39, 0.29) is 6.54 Å². The first-order valence-corrected chi connectivity index (χ1v) is 5.45. The van der Waals surface area contributed by atoms with Gasteiger partial charge in [0.2, 0.25) is 0 Å². The van der Waals surface area contributed by atoms with Crippen molar-refractivity contribution in [3.63, 3.8) is 0 Å². The monoisotopic (exact) mass is 250 g/mol. The van der Waals surface area contributed by atoms with Gasteiger partial charge >= 0.3 is 5.97 Å². The van der Waals surface area contributed by atoms with Crippen LogP contribution in [0.25, 0.3) is 11.3 Å². The Labute approximate surface area is 103 Å². The maximum atomic E-state index is 10.8. The summed E-state index contributed by atoms with van der Waals surface area (Å²) in [6, 6.07) is 7.28. The van der Waals surface area contributed by atoms with Gasteiger partial charge in [-0.1, -0.05) is 11.6 Å². The van der Waals surface area contributed by atoms with Gasteiger partial charge in [-0.15, -0.1) is 0 Å². The lowest BCUT2D eigenvalue weighted by Gasteiger charge is -2.09. The predicted molar refractivity (Wildman–Crippen MR) is 65.0 cm³/mol. The fourth-order valence-corrected chi connectivity index (χ4v) is 1.90. The fraction of sp³-hybridized carbons (Fsp3) is 0.167. The quantitative estimate of drug-likeness (QED) is 0.852. The van der Waals surface area contributed by atoms with Crippen LogP contribution in [0.2, 0.25) is 5.15 Å². The molecule has 2 aromatic heterocycles. The molecule has 0 radical (unpaired) electrons. The molecule has 1 N–H and O–H groups in total. The molecule has 0 aliphatic heterocycles. The van der Waals surface area contributed by atoms with Crippen molar-refractivity contribution in [1.82, 2.24) is 9.55 Å². The van der Waals surface area contributed by atoms with E-state index in [0.717, 1.165) is 17.0 Å². The first kappa shape index (κ1) is 11.7. The Morgan fingerprint density at radius 1 is 1.47 bits per heavy atom. The lowest BCUT2D eigenvalue weighted by atomic mass is 10.2. The van der Waals surface area contributed by atoms with Crippen LogP contribution in [0.4, 0.5) is 0 Å². The molecule has 88 valence electrons. The normalized spacial score (nSPS) is 10.5. The Balaban J connectivity index is 2.48. The third-order valence-electron chi connectivity index (χ3n) is 2.51. The number of carboxylic acid groups (broad SMARTS) is 1. The number of rotatable bonds is 3. The highest BCUT2D eigenvalue weighted by Gasteiger charge is 2.10. The number of nitrogens with zero attached hydrogens (tertiary/aromatic N) is 2. The van der Waals surface area contributed by atoms with Gasteiger partial charge < -0.3 is 9.67 Å². The number of halogens is 1. The summed E-state index contributed by atoms with van der Waals surface area (Å²) in [4.78, 5) is 14.7. The molecule has 5 heteroatoms. The highest BCUT2D eigenvalue weighted by atomic mass is 35.5. The molecular formula is C12H11ClN2O2. The van der Waals surface area contributed by atoms with E-state index in [1.54, 1.807) is 22.9 Å². The van der Waals surface area contributed by atoms with Gasteiger partial charge in [0, 0.05) is 23.1 Å². The number of aliphatic carboxylic acids is 1. The van der Waals surface area contributed by atoms with Gasteiger partial charge in [-0.3, -0.25) is 4.79 Å². The van der Waals surface area contributed by atoms with Crippen LogP contribution in [0, 0.1) is 6.92 Å². The number of carbonyl (C=O) groups is 1. The van der Waals surface area contributed by atoms with E-state index in [1.165, 1.54) is 0 Å². The zero-order valence-corrected chi connectivity index (χ0v) is 9.98. The molecule has 4 nitrogen and oxygen atoms in total. The highest BCUT2D eigenvalue weighted by molar-refractivity contribution is 6.29. The zero-order valence-electron chi connectivity index (χ0n) is 9.22. The molecule has 0 aliphatic carbocycles. The van der Waals surface area contributed by atoms with Crippen LogP contribution in [0.3, 0.4) is 0 Å². The van der Waals surface area contributed by atoms with E-state index in [2.05, 4.69) is 4.98 Å². The maximum Gasteiger partial charge on any atom is 0.323 e. The number of pyridine rings is 1. The first-order chi connectivity index (χ1) is 8.08. The molecule has 2 rings (SSSR count). The van der Waals surface area contributed by atoms with Crippen molar-refractivity contribution in [2.24, 2.45) is 0 Å². The van der Waals surface area contributed by atoms with Gasteiger partial charge in [-0.2, -0.15) is 0 Å². The number of aryl methyl sites for hydroxylation is 1. The molecule has 0 amide bonds. The molecule has 0 unspecified atom stereocenters. The molecule has 2 aromatic rings. The van der Waals surface area contributed by atoms with Crippen LogP contribution >= 0.6 is 11.6 Å². The molecule has 0 spiro atoms. The van der Waals surface area contributed by atoms with Gasteiger partial charge in [0.05, 0.1) is 0 Å². The summed E-state index contributed by atoms with van der Waals surface area (Å²) in [6.07, 6.45) is 1.60. The summed E-state index contributed by atoms with van der Waals surface area (Å²) >= 11 is 5.82. The third kappa shape index (κ3) is 2.47. The standard InChI is InChI=1S/C12H11ClN2O2/c1-8-2-3-10(15(8)7-12(16)17)9-4-5-14-11(13)6-9/h2-6H,7H2,1H3,(H,16,17). The zero-order chi connectivity index (χ0) is 12.4. The van der Waals surface area contributed by atoms with E-state index in [9.17, 15) is 4.79 Å². The van der Waals surface area contributed by atoms with E-state index < -0.39 is 5.97 Å². The fourth-order valence-electron chi connectivity index (χ4n) is 1.73. The van der Waals surface area contributed by atoms with Gasteiger partial charge in [-0.05, 0) is 31.2 Å². The van der Waals surface area contributed by atoms with Crippen LogP contribution in [-0.4, -0.2) is 20.6 Å². The highest BCUT2D eigenvalue weighted by Crippen LogP contribution is 2.23. The average Bonchev–Trinajstić information content (AvgIpc) is 2.60. The van der Waals surface area contributed by atoms with Gasteiger partial charge in [0.1, 0.15) is 11.7 Å². The molecule has 0 aliphatic rings. The van der Waals surface area contributed by atoms with E-state index in [4.69, 9.17) is 16.7 Å². The van der Waals surface area contributed by atoms with E-state index in [1.807, 2.05) is 19.1 Å². The Bertz CT molecular complexity index is 563. The number of hydrogen-bond acceptors (Lipinski definition) is 2. The van der Waals surface area contributed by atoms with Crippen molar-refractivity contribution < 1.29 is 9.90 Å².